The Balaban J connectivity index is 1.83. The van der Waals surface area contributed by atoms with Gasteiger partial charge in [-0.2, -0.15) is 13.2 Å². The largest absolute Gasteiger partial charge is 0.449 e. The molecule has 2 rings (SSSR count). The highest BCUT2D eigenvalue weighted by molar-refractivity contribution is 5.88. The number of ether oxygens (including phenoxy) is 1. The van der Waals surface area contributed by atoms with Crippen molar-refractivity contribution in [1.29, 1.82) is 0 Å². The van der Waals surface area contributed by atoms with Crippen LogP contribution in [-0.2, 0) is 17.5 Å². The van der Waals surface area contributed by atoms with E-state index in [1.54, 1.807) is 12.1 Å². The zero-order valence-electron chi connectivity index (χ0n) is 16.2. The molecular weight excluding hydrogens is 385 g/mol. The standard InChI is InChI=1S/C20H25F3N4O2/c1-2-3-4-5-12-29-19(28)26-16-10-11-17(27-18(16)24)25-13-14-6-8-15(9-7-14)20(21,22)23/h6-11H,2-5,12-13H2,1H3,(H,26,28)(H3,24,25,27). The number of nitrogen functional groups attached to an aromatic ring is 1. The molecule has 158 valence electrons. The van der Waals surface area contributed by atoms with Crippen LogP contribution in [0.4, 0.5) is 35.3 Å². The van der Waals surface area contributed by atoms with Crippen LogP contribution in [0.25, 0.3) is 0 Å². The molecule has 0 saturated carbocycles. The number of benzene rings is 1. The zero-order valence-corrected chi connectivity index (χ0v) is 16.2. The number of amides is 1. The predicted octanol–water partition coefficient (Wildman–Crippen LogP) is 5.42. The molecule has 0 unspecified atom stereocenters. The molecule has 0 radical (unpaired) electrons. The summed E-state index contributed by atoms with van der Waals surface area (Å²) < 4.78 is 42.8. The molecule has 0 aliphatic rings. The van der Waals surface area contributed by atoms with E-state index >= 15 is 0 Å². The van der Waals surface area contributed by atoms with Crippen molar-refractivity contribution >= 4 is 23.4 Å². The quantitative estimate of drug-likeness (QED) is 0.480. The second-order valence-corrected chi connectivity index (χ2v) is 6.50. The predicted molar refractivity (Wildman–Crippen MR) is 107 cm³/mol. The second-order valence-electron chi connectivity index (χ2n) is 6.50. The Bertz CT molecular complexity index is 795. The van der Waals surface area contributed by atoms with Gasteiger partial charge >= 0.3 is 12.3 Å². The number of nitrogens with one attached hydrogen (secondary N) is 2. The number of carbonyl (C=O) groups is 1. The SMILES string of the molecule is CCCCCCOC(=O)Nc1ccc(NCc2ccc(C(F)(F)F)cc2)nc1N. The number of nitrogens with zero attached hydrogens (tertiary/aromatic N) is 1. The Hall–Kier alpha value is -2.97. The lowest BCUT2D eigenvalue weighted by Crippen LogP contribution is -2.16. The Morgan fingerprint density at radius 2 is 1.83 bits per heavy atom. The molecule has 9 heteroatoms. The van der Waals surface area contributed by atoms with Gasteiger partial charge in [0.25, 0.3) is 0 Å². The van der Waals surface area contributed by atoms with Crippen LogP contribution in [0.1, 0.15) is 43.7 Å². The lowest BCUT2D eigenvalue weighted by Gasteiger charge is -2.11. The summed E-state index contributed by atoms with van der Waals surface area (Å²) in [4.78, 5) is 15.9. The van der Waals surface area contributed by atoms with Crippen LogP contribution >= 0.6 is 0 Å². The van der Waals surface area contributed by atoms with Crippen LogP contribution in [0.15, 0.2) is 36.4 Å². The Morgan fingerprint density at radius 3 is 2.45 bits per heavy atom. The molecule has 6 nitrogen and oxygen atoms in total. The highest BCUT2D eigenvalue weighted by atomic mass is 19.4. The number of unbranched alkanes of at least 4 members (excludes halogenated alkanes) is 3. The van der Waals surface area contributed by atoms with Crippen molar-refractivity contribution in [3.05, 3.63) is 47.5 Å². The van der Waals surface area contributed by atoms with E-state index in [0.717, 1.165) is 37.8 Å². The van der Waals surface area contributed by atoms with Gasteiger partial charge in [-0.15, -0.1) is 0 Å². The van der Waals surface area contributed by atoms with E-state index in [2.05, 4.69) is 22.5 Å². The summed E-state index contributed by atoms with van der Waals surface area (Å²) in [5, 5.41) is 5.52. The molecule has 1 aromatic carbocycles. The van der Waals surface area contributed by atoms with E-state index in [-0.39, 0.29) is 12.4 Å². The van der Waals surface area contributed by atoms with Gasteiger partial charge in [-0.25, -0.2) is 9.78 Å². The van der Waals surface area contributed by atoms with Crippen LogP contribution in [0.2, 0.25) is 0 Å². The van der Waals surface area contributed by atoms with Crippen LogP contribution in [0.3, 0.4) is 0 Å². The number of pyridine rings is 1. The molecule has 1 aromatic heterocycles. The van der Waals surface area contributed by atoms with Crippen molar-refractivity contribution in [2.24, 2.45) is 0 Å². The molecule has 0 spiro atoms. The number of carbonyl (C=O) groups excluding carboxylic acids is 1. The Morgan fingerprint density at radius 1 is 1.10 bits per heavy atom. The van der Waals surface area contributed by atoms with E-state index in [9.17, 15) is 18.0 Å². The number of hydrogen-bond donors (Lipinski definition) is 3. The van der Waals surface area contributed by atoms with Gasteiger partial charge < -0.3 is 15.8 Å². The third kappa shape index (κ3) is 7.52. The van der Waals surface area contributed by atoms with E-state index in [4.69, 9.17) is 10.5 Å². The summed E-state index contributed by atoms with van der Waals surface area (Å²) in [6.45, 7) is 2.72. The summed E-state index contributed by atoms with van der Waals surface area (Å²) in [6, 6.07) is 8.03. The van der Waals surface area contributed by atoms with Crippen molar-refractivity contribution in [3.63, 3.8) is 0 Å². The maximum absolute atomic E-state index is 12.6. The molecule has 0 saturated heterocycles. The fraction of sp³-hybridized carbons (Fsp3) is 0.400. The maximum atomic E-state index is 12.6. The van der Waals surface area contributed by atoms with Crippen LogP contribution in [0.5, 0.6) is 0 Å². The summed E-state index contributed by atoms with van der Waals surface area (Å²) in [5.41, 5.74) is 6.14. The fourth-order valence-corrected chi connectivity index (χ4v) is 2.52. The highest BCUT2D eigenvalue weighted by Gasteiger charge is 2.29. The number of alkyl halides is 3. The van der Waals surface area contributed by atoms with Gasteiger partial charge in [-0.3, -0.25) is 5.32 Å². The van der Waals surface area contributed by atoms with E-state index < -0.39 is 17.8 Å². The smallest absolute Gasteiger partial charge is 0.416 e. The zero-order chi connectivity index (χ0) is 21.3. The van der Waals surface area contributed by atoms with E-state index in [1.165, 1.54) is 12.1 Å². The molecule has 0 bridgehead atoms. The molecule has 1 amide bonds. The first-order valence-electron chi connectivity index (χ1n) is 9.40. The third-order valence-corrected chi connectivity index (χ3v) is 4.15. The number of hydrogen-bond acceptors (Lipinski definition) is 5. The van der Waals surface area contributed by atoms with E-state index in [1.807, 2.05) is 0 Å². The number of rotatable bonds is 9. The van der Waals surface area contributed by atoms with Gasteiger partial charge in [0.2, 0.25) is 0 Å². The van der Waals surface area contributed by atoms with Gasteiger partial charge in [0.1, 0.15) is 11.6 Å². The summed E-state index contributed by atoms with van der Waals surface area (Å²) in [7, 11) is 0. The molecule has 0 aliphatic heterocycles. The number of aromatic nitrogens is 1. The summed E-state index contributed by atoms with van der Waals surface area (Å²) in [6.07, 6.45) is -0.938. The van der Waals surface area contributed by atoms with Crippen LogP contribution < -0.4 is 16.4 Å². The minimum Gasteiger partial charge on any atom is -0.449 e. The van der Waals surface area contributed by atoms with Crippen molar-refractivity contribution < 1.29 is 22.7 Å². The monoisotopic (exact) mass is 410 g/mol. The van der Waals surface area contributed by atoms with Gasteiger partial charge in [-0.1, -0.05) is 38.3 Å². The summed E-state index contributed by atoms with van der Waals surface area (Å²) >= 11 is 0. The number of anilines is 3. The molecule has 29 heavy (non-hydrogen) atoms. The van der Waals surface area contributed by atoms with Crippen LogP contribution in [0, 0.1) is 0 Å². The number of halogens is 3. The molecule has 0 fully saturated rings. The van der Waals surface area contributed by atoms with Gasteiger partial charge in [0, 0.05) is 6.54 Å². The molecule has 0 atom stereocenters. The first-order chi connectivity index (χ1) is 13.8. The Labute approximate surface area is 167 Å². The van der Waals surface area contributed by atoms with Crippen molar-refractivity contribution in [2.45, 2.75) is 45.3 Å². The van der Waals surface area contributed by atoms with Gasteiger partial charge in [0.05, 0.1) is 17.9 Å². The van der Waals surface area contributed by atoms with Crippen molar-refractivity contribution in [2.75, 3.05) is 23.0 Å². The average molecular weight is 410 g/mol. The van der Waals surface area contributed by atoms with Gasteiger partial charge in [0.15, 0.2) is 0 Å². The minimum absolute atomic E-state index is 0.102. The van der Waals surface area contributed by atoms with Gasteiger partial charge in [-0.05, 0) is 36.2 Å². The number of nitrogens with two attached hydrogens (primary N) is 1. The lowest BCUT2D eigenvalue weighted by molar-refractivity contribution is -0.137. The average Bonchev–Trinajstić information content (AvgIpc) is 2.68. The molecule has 0 aliphatic carbocycles. The van der Waals surface area contributed by atoms with Crippen molar-refractivity contribution in [1.82, 2.24) is 4.98 Å². The molecular formula is C20H25F3N4O2. The molecule has 4 N–H and O–H groups in total. The normalized spacial score (nSPS) is 11.2. The first-order valence-corrected chi connectivity index (χ1v) is 9.40. The highest BCUT2D eigenvalue weighted by Crippen LogP contribution is 2.29. The third-order valence-electron chi connectivity index (χ3n) is 4.15. The second kappa shape index (κ2) is 10.5. The fourth-order valence-electron chi connectivity index (χ4n) is 2.52. The minimum atomic E-state index is -4.36. The van der Waals surface area contributed by atoms with Crippen molar-refractivity contribution in [3.8, 4) is 0 Å². The van der Waals surface area contributed by atoms with Crippen LogP contribution in [-0.4, -0.2) is 17.7 Å². The summed E-state index contributed by atoms with van der Waals surface area (Å²) in [5.74, 6) is 0.534. The molecule has 1 heterocycles. The molecule has 2 aromatic rings. The topological polar surface area (TPSA) is 89.3 Å². The van der Waals surface area contributed by atoms with E-state index in [0.29, 0.717) is 23.7 Å². The lowest BCUT2D eigenvalue weighted by atomic mass is 10.1. The first kappa shape index (κ1) is 22.3. The Kier molecular flexibility index (Phi) is 8.11. The maximum Gasteiger partial charge on any atom is 0.416 e.